The van der Waals surface area contributed by atoms with Gasteiger partial charge in [-0.05, 0) is 36.2 Å². The Morgan fingerprint density at radius 3 is 2.66 bits per heavy atom. The number of carbonyl (C=O) groups excluding carboxylic acids is 1. The SMILES string of the molecule is Cc1ccc(NC(=O)Cn2c(=O)oc3cc([N+](=O)[O-])ccc32)c(OCc2ccccc2)c1. The molecule has 9 nitrogen and oxygen atoms in total. The van der Waals surface area contributed by atoms with E-state index >= 15 is 0 Å². The molecule has 0 atom stereocenters. The molecule has 4 rings (SSSR count). The van der Waals surface area contributed by atoms with Crippen LogP contribution >= 0.6 is 0 Å². The number of nitro groups is 1. The summed E-state index contributed by atoms with van der Waals surface area (Å²) in [5, 5.41) is 13.7. The first-order chi connectivity index (χ1) is 15.4. The Morgan fingerprint density at radius 2 is 1.91 bits per heavy atom. The van der Waals surface area contributed by atoms with Gasteiger partial charge < -0.3 is 14.5 Å². The number of fused-ring (bicyclic) bond motifs is 1. The quantitative estimate of drug-likeness (QED) is 0.347. The summed E-state index contributed by atoms with van der Waals surface area (Å²) in [6.07, 6.45) is 0. The first-order valence-corrected chi connectivity index (χ1v) is 9.76. The van der Waals surface area contributed by atoms with Gasteiger partial charge in [0.1, 0.15) is 18.9 Å². The highest BCUT2D eigenvalue weighted by molar-refractivity contribution is 5.93. The van der Waals surface area contributed by atoms with Gasteiger partial charge in [-0.15, -0.1) is 0 Å². The second-order valence-electron chi connectivity index (χ2n) is 7.19. The topological polar surface area (TPSA) is 117 Å². The van der Waals surface area contributed by atoms with Gasteiger partial charge in [0.25, 0.3) is 5.69 Å². The molecule has 3 aromatic carbocycles. The van der Waals surface area contributed by atoms with Crippen molar-refractivity contribution in [3.63, 3.8) is 0 Å². The Bertz CT molecular complexity index is 1360. The van der Waals surface area contributed by atoms with Gasteiger partial charge in [-0.3, -0.25) is 19.5 Å². The predicted octanol–water partition coefficient (Wildman–Crippen LogP) is 4.03. The Balaban J connectivity index is 1.53. The zero-order valence-electron chi connectivity index (χ0n) is 17.1. The number of oxazole rings is 1. The van der Waals surface area contributed by atoms with E-state index in [0.29, 0.717) is 23.6 Å². The van der Waals surface area contributed by atoms with E-state index in [-0.39, 0.29) is 17.8 Å². The van der Waals surface area contributed by atoms with Crippen LogP contribution in [-0.4, -0.2) is 15.4 Å². The summed E-state index contributed by atoms with van der Waals surface area (Å²) in [4.78, 5) is 35.2. The Morgan fingerprint density at radius 1 is 1.12 bits per heavy atom. The van der Waals surface area contributed by atoms with Crippen LogP contribution in [0.2, 0.25) is 0 Å². The predicted molar refractivity (Wildman–Crippen MR) is 118 cm³/mol. The van der Waals surface area contributed by atoms with Crippen molar-refractivity contribution in [2.24, 2.45) is 0 Å². The molecule has 1 heterocycles. The van der Waals surface area contributed by atoms with Gasteiger partial charge in [-0.2, -0.15) is 0 Å². The summed E-state index contributed by atoms with van der Waals surface area (Å²) in [6.45, 7) is 1.92. The fraction of sp³-hybridized carbons (Fsp3) is 0.130. The molecule has 0 saturated heterocycles. The van der Waals surface area contributed by atoms with E-state index in [1.165, 1.54) is 12.1 Å². The number of aromatic nitrogens is 1. The molecule has 9 heteroatoms. The third-order valence-electron chi connectivity index (χ3n) is 4.81. The molecule has 0 saturated carbocycles. The van der Waals surface area contributed by atoms with Gasteiger partial charge in [-0.1, -0.05) is 36.4 Å². The number of anilines is 1. The second kappa shape index (κ2) is 8.76. The number of nitrogens with zero attached hydrogens (tertiary/aromatic N) is 2. The van der Waals surface area contributed by atoms with Gasteiger partial charge in [0.15, 0.2) is 5.58 Å². The van der Waals surface area contributed by atoms with E-state index in [9.17, 15) is 19.7 Å². The van der Waals surface area contributed by atoms with Gasteiger partial charge in [0.2, 0.25) is 5.91 Å². The number of hydrogen-bond donors (Lipinski definition) is 1. The van der Waals surface area contributed by atoms with Crippen molar-refractivity contribution in [2.45, 2.75) is 20.1 Å². The summed E-state index contributed by atoms with van der Waals surface area (Å²) in [5.41, 5.74) is 2.54. The fourth-order valence-electron chi connectivity index (χ4n) is 3.24. The number of rotatable bonds is 7. The maximum absolute atomic E-state index is 12.7. The van der Waals surface area contributed by atoms with Crippen LogP contribution in [0.1, 0.15) is 11.1 Å². The molecular formula is C23H19N3O6. The molecule has 162 valence electrons. The van der Waals surface area contributed by atoms with Crippen LogP contribution in [0, 0.1) is 17.0 Å². The molecule has 1 aromatic heterocycles. The highest BCUT2D eigenvalue weighted by atomic mass is 16.6. The molecule has 0 bridgehead atoms. The molecule has 0 aliphatic rings. The highest BCUT2D eigenvalue weighted by Crippen LogP contribution is 2.27. The number of aryl methyl sites for hydroxylation is 1. The van der Waals surface area contributed by atoms with Crippen molar-refractivity contribution in [1.29, 1.82) is 0 Å². The summed E-state index contributed by atoms with van der Waals surface area (Å²) in [5.74, 6) is -0.746. The zero-order chi connectivity index (χ0) is 22.7. The van der Waals surface area contributed by atoms with Crippen molar-refractivity contribution >= 4 is 28.4 Å². The van der Waals surface area contributed by atoms with Gasteiger partial charge >= 0.3 is 5.76 Å². The first kappa shape index (κ1) is 20.9. The number of nitro benzene ring substituents is 1. The van der Waals surface area contributed by atoms with Crippen LogP contribution in [0.25, 0.3) is 11.1 Å². The van der Waals surface area contributed by atoms with Crippen molar-refractivity contribution < 1.29 is 18.9 Å². The van der Waals surface area contributed by atoms with Crippen LogP contribution in [0.5, 0.6) is 5.75 Å². The van der Waals surface area contributed by atoms with Gasteiger partial charge in [0.05, 0.1) is 22.2 Å². The molecule has 32 heavy (non-hydrogen) atoms. The van der Waals surface area contributed by atoms with Crippen molar-refractivity contribution in [3.8, 4) is 5.75 Å². The van der Waals surface area contributed by atoms with Crippen molar-refractivity contribution in [2.75, 3.05) is 5.32 Å². The average molecular weight is 433 g/mol. The summed E-state index contributed by atoms with van der Waals surface area (Å²) in [7, 11) is 0. The lowest BCUT2D eigenvalue weighted by Crippen LogP contribution is -2.25. The van der Waals surface area contributed by atoms with E-state index in [1.807, 2.05) is 49.4 Å². The average Bonchev–Trinajstić information content (AvgIpc) is 3.08. The molecule has 0 radical (unpaired) electrons. The molecule has 0 unspecified atom stereocenters. The molecule has 0 spiro atoms. The lowest BCUT2D eigenvalue weighted by molar-refractivity contribution is -0.384. The van der Waals surface area contributed by atoms with Gasteiger partial charge in [0, 0.05) is 6.07 Å². The highest BCUT2D eigenvalue weighted by Gasteiger charge is 2.17. The number of carbonyl (C=O) groups is 1. The number of ether oxygens (including phenoxy) is 1. The molecule has 0 fully saturated rings. The van der Waals surface area contributed by atoms with E-state index < -0.39 is 16.6 Å². The maximum atomic E-state index is 12.7. The Kier molecular flexibility index (Phi) is 5.71. The normalized spacial score (nSPS) is 10.8. The summed E-state index contributed by atoms with van der Waals surface area (Å²) < 4.78 is 12.1. The lowest BCUT2D eigenvalue weighted by atomic mass is 10.2. The van der Waals surface area contributed by atoms with Crippen molar-refractivity contribution in [3.05, 3.63) is 98.5 Å². The van der Waals surface area contributed by atoms with Crippen LogP contribution in [0.4, 0.5) is 11.4 Å². The maximum Gasteiger partial charge on any atom is 0.420 e. The number of non-ortho nitro benzene ring substituents is 1. The smallest absolute Gasteiger partial charge is 0.420 e. The zero-order valence-corrected chi connectivity index (χ0v) is 17.1. The number of nitrogens with one attached hydrogen (secondary N) is 1. The van der Waals surface area contributed by atoms with Crippen LogP contribution in [0.3, 0.4) is 0 Å². The largest absolute Gasteiger partial charge is 0.487 e. The number of hydrogen-bond acceptors (Lipinski definition) is 6. The van der Waals surface area contributed by atoms with Crippen LogP contribution in [0.15, 0.2) is 75.9 Å². The third kappa shape index (κ3) is 4.51. The molecule has 4 aromatic rings. The van der Waals surface area contributed by atoms with E-state index in [2.05, 4.69) is 5.32 Å². The first-order valence-electron chi connectivity index (χ1n) is 9.76. The Hall–Kier alpha value is -4.40. The Labute approximate surface area is 182 Å². The second-order valence-corrected chi connectivity index (χ2v) is 7.19. The molecule has 0 aliphatic carbocycles. The van der Waals surface area contributed by atoms with E-state index in [4.69, 9.17) is 9.15 Å². The molecule has 0 aliphatic heterocycles. The lowest BCUT2D eigenvalue weighted by Gasteiger charge is -2.14. The minimum Gasteiger partial charge on any atom is -0.487 e. The summed E-state index contributed by atoms with van der Waals surface area (Å²) >= 11 is 0. The monoisotopic (exact) mass is 433 g/mol. The minimum atomic E-state index is -0.778. The van der Waals surface area contributed by atoms with E-state index in [0.717, 1.165) is 21.8 Å². The number of amides is 1. The number of benzene rings is 3. The molecular weight excluding hydrogens is 414 g/mol. The third-order valence-corrected chi connectivity index (χ3v) is 4.81. The van der Waals surface area contributed by atoms with Crippen molar-refractivity contribution in [1.82, 2.24) is 4.57 Å². The van der Waals surface area contributed by atoms with Gasteiger partial charge in [-0.25, -0.2) is 4.79 Å². The molecule has 1 N–H and O–H groups in total. The summed E-state index contributed by atoms with van der Waals surface area (Å²) in [6, 6.07) is 18.8. The standard InChI is InChI=1S/C23H19N3O6/c1-15-7-9-18(20(11-15)31-14-16-5-3-2-4-6-16)24-22(27)13-25-19-10-8-17(26(29)30)12-21(19)32-23(25)28/h2-12H,13-14H2,1H3,(H,24,27). The molecule has 1 amide bonds. The fourth-order valence-corrected chi connectivity index (χ4v) is 3.24. The van der Waals surface area contributed by atoms with Crippen LogP contribution in [-0.2, 0) is 17.9 Å². The van der Waals surface area contributed by atoms with Crippen LogP contribution < -0.4 is 15.8 Å². The minimum absolute atomic E-state index is 0.0409. The van der Waals surface area contributed by atoms with E-state index in [1.54, 1.807) is 6.07 Å².